The van der Waals surface area contributed by atoms with Crippen molar-refractivity contribution in [1.29, 1.82) is 0 Å². The second-order valence-electron chi connectivity index (χ2n) is 6.77. The van der Waals surface area contributed by atoms with E-state index in [2.05, 4.69) is 0 Å². The summed E-state index contributed by atoms with van der Waals surface area (Å²) >= 11 is 0. The third kappa shape index (κ3) is 2.08. The number of hydrogen-bond donors (Lipinski definition) is 0. The van der Waals surface area contributed by atoms with Crippen LogP contribution in [-0.2, 0) is 23.9 Å². The minimum atomic E-state index is -1.26. The van der Waals surface area contributed by atoms with Crippen LogP contribution in [0, 0.1) is 23.2 Å². The number of rotatable bonds is 4. The first-order valence-corrected chi connectivity index (χ1v) is 8.57. The highest BCUT2D eigenvalue weighted by molar-refractivity contribution is 6.06. The normalized spacial score (nSPS) is 31.1. The summed E-state index contributed by atoms with van der Waals surface area (Å²) in [6, 6.07) is 0. The van der Waals surface area contributed by atoms with Crippen LogP contribution in [0.15, 0.2) is 11.1 Å². The van der Waals surface area contributed by atoms with Gasteiger partial charge in [0.25, 0.3) is 0 Å². The van der Waals surface area contributed by atoms with Gasteiger partial charge < -0.3 is 9.47 Å². The fourth-order valence-electron chi connectivity index (χ4n) is 4.95. The zero-order chi connectivity index (χ0) is 16.8. The van der Waals surface area contributed by atoms with Gasteiger partial charge >= 0.3 is 11.9 Å². The Kier molecular flexibility index (Phi) is 4.07. The number of carbonyl (C=O) groups excluding carboxylic acids is 3. The minimum absolute atomic E-state index is 0.0186. The summed E-state index contributed by atoms with van der Waals surface area (Å²) in [5, 5.41) is 0. The largest absolute Gasteiger partial charge is 0.465 e. The number of esters is 2. The minimum Gasteiger partial charge on any atom is -0.465 e. The van der Waals surface area contributed by atoms with E-state index in [4.69, 9.17) is 9.47 Å². The highest BCUT2D eigenvalue weighted by atomic mass is 16.6. The van der Waals surface area contributed by atoms with Gasteiger partial charge in [-0.05, 0) is 57.4 Å². The van der Waals surface area contributed by atoms with E-state index in [0.29, 0.717) is 0 Å². The Morgan fingerprint density at radius 2 is 1.74 bits per heavy atom. The Labute approximate surface area is 136 Å². The van der Waals surface area contributed by atoms with Crippen LogP contribution >= 0.6 is 0 Å². The van der Waals surface area contributed by atoms with E-state index >= 15 is 0 Å². The molecule has 0 aromatic carbocycles. The fourth-order valence-corrected chi connectivity index (χ4v) is 4.95. The maximum atomic E-state index is 12.8. The van der Waals surface area contributed by atoms with Crippen molar-refractivity contribution in [2.45, 2.75) is 46.5 Å². The van der Waals surface area contributed by atoms with Gasteiger partial charge in [0.15, 0.2) is 11.2 Å². The molecule has 0 aromatic heterocycles. The first-order chi connectivity index (χ1) is 11.0. The van der Waals surface area contributed by atoms with Crippen LogP contribution in [0.2, 0.25) is 0 Å². The topological polar surface area (TPSA) is 69.7 Å². The molecule has 126 valence electrons. The van der Waals surface area contributed by atoms with Gasteiger partial charge in [0.2, 0.25) is 0 Å². The molecule has 0 N–H and O–H groups in total. The van der Waals surface area contributed by atoms with Gasteiger partial charge in [-0.25, -0.2) is 0 Å². The maximum absolute atomic E-state index is 12.8. The van der Waals surface area contributed by atoms with Crippen molar-refractivity contribution < 1.29 is 23.9 Å². The van der Waals surface area contributed by atoms with E-state index in [1.165, 1.54) is 0 Å². The summed E-state index contributed by atoms with van der Waals surface area (Å²) in [4.78, 5) is 38.0. The highest BCUT2D eigenvalue weighted by Crippen LogP contribution is 2.62. The molecule has 3 unspecified atom stereocenters. The molecule has 2 fully saturated rings. The van der Waals surface area contributed by atoms with E-state index in [1.807, 2.05) is 6.92 Å². The second-order valence-corrected chi connectivity index (χ2v) is 6.77. The highest BCUT2D eigenvalue weighted by Gasteiger charge is 2.67. The van der Waals surface area contributed by atoms with Crippen LogP contribution in [-0.4, -0.2) is 30.9 Å². The molecule has 3 aliphatic rings. The third-order valence-corrected chi connectivity index (χ3v) is 5.87. The van der Waals surface area contributed by atoms with Gasteiger partial charge in [-0.1, -0.05) is 12.0 Å². The Hall–Kier alpha value is -1.65. The molecule has 0 aromatic rings. The van der Waals surface area contributed by atoms with Crippen molar-refractivity contribution in [1.82, 2.24) is 0 Å². The van der Waals surface area contributed by atoms with Gasteiger partial charge in [-0.15, -0.1) is 0 Å². The molecule has 0 spiro atoms. The summed E-state index contributed by atoms with van der Waals surface area (Å²) < 4.78 is 10.5. The van der Waals surface area contributed by atoms with Crippen LogP contribution in [0.5, 0.6) is 0 Å². The maximum Gasteiger partial charge on any atom is 0.324 e. The van der Waals surface area contributed by atoms with Gasteiger partial charge in [0, 0.05) is 5.92 Å². The number of ether oxygens (including phenoxy) is 2. The van der Waals surface area contributed by atoms with Crippen LogP contribution in [0.3, 0.4) is 0 Å². The molecule has 0 amide bonds. The van der Waals surface area contributed by atoms with E-state index in [-0.39, 0.29) is 43.2 Å². The predicted octanol–water partition coefficient (Wildman–Crippen LogP) is 2.43. The SMILES string of the molecule is CCOC(=O)C1(C(=O)OCC)CC2=C(C)C(=O)C3CCCC1C23. The molecule has 0 saturated heterocycles. The van der Waals surface area contributed by atoms with Crippen molar-refractivity contribution in [3.63, 3.8) is 0 Å². The molecule has 5 nitrogen and oxygen atoms in total. The van der Waals surface area contributed by atoms with Gasteiger partial charge in [-0.3, -0.25) is 14.4 Å². The molecule has 3 atom stereocenters. The Bertz CT molecular complexity index is 570. The quantitative estimate of drug-likeness (QED) is 0.588. The van der Waals surface area contributed by atoms with E-state index in [0.717, 1.165) is 30.4 Å². The number of Topliss-reactive ketones (excluding diaryl/α,β-unsaturated/α-hetero) is 1. The first kappa shape index (κ1) is 16.2. The smallest absolute Gasteiger partial charge is 0.324 e. The zero-order valence-corrected chi connectivity index (χ0v) is 14.0. The number of carbonyl (C=O) groups is 3. The van der Waals surface area contributed by atoms with Crippen molar-refractivity contribution in [3.05, 3.63) is 11.1 Å². The van der Waals surface area contributed by atoms with Crippen molar-refractivity contribution in [3.8, 4) is 0 Å². The second kappa shape index (κ2) is 5.77. The lowest BCUT2D eigenvalue weighted by atomic mass is 9.65. The van der Waals surface area contributed by atoms with Crippen LogP contribution in [0.25, 0.3) is 0 Å². The van der Waals surface area contributed by atoms with Crippen molar-refractivity contribution >= 4 is 17.7 Å². The lowest BCUT2D eigenvalue weighted by Crippen LogP contribution is -2.48. The number of allylic oxidation sites excluding steroid dienone is 2. The summed E-state index contributed by atoms with van der Waals surface area (Å²) in [6.45, 7) is 5.78. The molecule has 3 aliphatic carbocycles. The molecule has 3 rings (SSSR count). The Morgan fingerprint density at radius 1 is 1.13 bits per heavy atom. The van der Waals surface area contributed by atoms with Crippen molar-refractivity contribution in [2.75, 3.05) is 13.2 Å². The monoisotopic (exact) mass is 320 g/mol. The molecule has 23 heavy (non-hydrogen) atoms. The van der Waals surface area contributed by atoms with E-state index in [1.54, 1.807) is 13.8 Å². The van der Waals surface area contributed by atoms with E-state index < -0.39 is 17.4 Å². The Balaban J connectivity index is 2.09. The zero-order valence-electron chi connectivity index (χ0n) is 14.0. The summed E-state index contributed by atoms with van der Waals surface area (Å²) in [5.41, 5.74) is 0.486. The standard InChI is InChI=1S/C18H24O5/c1-4-22-16(20)18(17(21)23-5-2)9-12-10(3)15(19)11-7-6-8-13(18)14(11)12/h11,13-14H,4-9H2,1-3H3. The average molecular weight is 320 g/mol. The van der Waals surface area contributed by atoms with E-state index in [9.17, 15) is 14.4 Å². The molecule has 0 radical (unpaired) electrons. The fraction of sp³-hybridized carbons (Fsp3) is 0.722. The first-order valence-electron chi connectivity index (χ1n) is 8.57. The molecule has 2 saturated carbocycles. The predicted molar refractivity (Wildman–Crippen MR) is 82.3 cm³/mol. The van der Waals surface area contributed by atoms with Crippen LogP contribution < -0.4 is 0 Å². The molecular formula is C18H24O5. The summed E-state index contributed by atoms with van der Waals surface area (Å²) in [6.07, 6.45) is 2.76. The number of ketones is 1. The van der Waals surface area contributed by atoms with Gasteiger partial charge in [0.05, 0.1) is 13.2 Å². The summed E-state index contributed by atoms with van der Waals surface area (Å²) in [5.74, 6) is -0.969. The van der Waals surface area contributed by atoms with Crippen LogP contribution in [0.4, 0.5) is 0 Å². The molecule has 0 heterocycles. The van der Waals surface area contributed by atoms with Gasteiger partial charge in [0.1, 0.15) is 0 Å². The summed E-state index contributed by atoms with van der Waals surface area (Å²) in [7, 11) is 0. The Morgan fingerprint density at radius 3 is 2.30 bits per heavy atom. The van der Waals surface area contributed by atoms with Gasteiger partial charge in [-0.2, -0.15) is 0 Å². The molecule has 0 aliphatic heterocycles. The van der Waals surface area contributed by atoms with Crippen molar-refractivity contribution in [2.24, 2.45) is 23.2 Å². The molecule has 0 bridgehead atoms. The van der Waals surface area contributed by atoms with Crippen LogP contribution in [0.1, 0.15) is 46.5 Å². The lowest BCUT2D eigenvalue weighted by Gasteiger charge is -2.37. The lowest BCUT2D eigenvalue weighted by molar-refractivity contribution is -0.177. The molecule has 5 heteroatoms. The third-order valence-electron chi connectivity index (χ3n) is 5.87. The number of hydrogen-bond acceptors (Lipinski definition) is 5. The molecular weight excluding hydrogens is 296 g/mol. The average Bonchev–Trinajstić information content (AvgIpc) is 3.01.